The van der Waals surface area contributed by atoms with Gasteiger partial charge in [-0.05, 0) is 71.5 Å². The normalized spacial score (nSPS) is 60.9. The van der Waals surface area contributed by atoms with Gasteiger partial charge in [0.2, 0.25) is 0 Å². The Morgan fingerprint density at radius 1 is 0.765 bits per heavy atom. The molecular formula is C17H28. The minimum Gasteiger partial charge on any atom is -0.0622 e. The Kier molecular flexibility index (Phi) is 1.78. The van der Waals surface area contributed by atoms with E-state index in [1.165, 1.54) is 0 Å². The Labute approximate surface area is 107 Å². The van der Waals surface area contributed by atoms with Crippen molar-refractivity contribution in [3.63, 3.8) is 0 Å². The van der Waals surface area contributed by atoms with Crippen LogP contribution in [0.4, 0.5) is 0 Å². The van der Waals surface area contributed by atoms with Crippen LogP contribution in [0.1, 0.15) is 53.9 Å². The molecule has 0 radical (unpaired) electrons. The zero-order valence-electron chi connectivity index (χ0n) is 12.2. The van der Waals surface area contributed by atoms with Crippen LogP contribution in [-0.2, 0) is 0 Å². The van der Waals surface area contributed by atoms with Crippen LogP contribution >= 0.6 is 0 Å². The number of fused-ring (bicyclic) bond motifs is 9. The zero-order valence-corrected chi connectivity index (χ0v) is 12.2. The Balaban J connectivity index is 1.78. The van der Waals surface area contributed by atoms with Gasteiger partial charge in [-0.3, -0.25) is 0 Å². The van der Waals surface area contributed by atoms with Gasteiger partial charge in [0.1, 0.15) is 0 Å². The largest absolute Gasteiger partial charge is 0.0622 e. The summed E-state index contributed by atoms with van der Waals surface area (Å²) in [6.07, 6.45) is 4.72. The van der Waals surface area contributed by atoms with Gasteiger partial charge in [0.25, 0.3) is 0 Å². The molecule has 0 amide bonds. The summed E-state index contributed by atoms with van der Waals surface area (Å²) in [7, 11) is 0. The number of hydrogen-bond donors (Lipinski definition) is 0. The van der Waals surface area contributed by atoms with E-state index in [1.54, 1.807) is 19.3 Å². The van der Waals surface area contributed by atoms with Crippen molar-refractivity contribution in [2.45, 2.75) is 53.9 Å². The number of rotatable bonds is 0. The van der Waals surface area contributed by atoms with E-state index >= 15 is 0 Å². The third kappa shape index (κ3) is 0.965. The summed E-state index contributed by atoms with van der Waals surface area (Å²) in [5.74, 6) is 7.61. The first-order valence-corrected chi connectivity index (χ1v) is 7.85. The highest BCUT2D eigenvalue weighted by molar-refractivity contribution is 5.19. The Morgan fingerprint density at radius 3 is 2.00 bits per heavy atom. The molecule has 0 heteroatoms. The molecule has 4 aliphatic carbocycles. The summed E-state index contributed by atoms with van der Waals surface area (Å²) < 4.78 is 0. The maximum Gasteiger partial charge on any atom is -0.0269 e. The molecule has 0 aromatic heterocycles. The lowest BCUT2D eigenvalue weighted by atomic mass is 9.51. The van der Waals surface area contributed by atoms with Crippen molar-refractivity contribution in [1.82, 2.24) is 0 Å². The first kappa shape index (κ1) is 10.9. The van der Waals surface area contributed by atoms with Crippen molar-refractivity contribution in [3.05, 3.63) is 0 Å². The third-order valence-electron chi connectivity index (χ3n) is 8.42. The molecular weight excluding hydrogens is 204 g/mol. The summed E-state index contributed by atoms with van der Waals surface area (Å²) in [5.41, 5.74) is 1.18. The molecule has 7 unspecified atom stereocenters. The van der Waals surface area contributed by atoms with E-state index in [0.717, 1.165) is 41.4 Å². The van der Waals surface area contributed by atoms with E-state index in [-0.39, 0.29) is 0 Å². The Bertz CT molecular complexity index is 364. The Morgan fingerprint density at radius 2 is 1.35 bits per heavy atom. The third-order valence-corrected chi connectivity index (χ3v) is 8.42. The maximum atomic E-state index is 2.57. The van der Waals surface area contributed by atoms with Gasteiger partial charge in [-0.25, -0.2) is 0 Å². The zero-order chi connectivity index (χ0) is 12.2. The van der Waals surface area contributed by atoms with Crippen molar-refractivity contribution in [1.29, 1.82) is 0 Å². The molecule has 0 heterocycles. The van der Waals surface area contributed by atoms with Crippen molar-refractivity contribution in [3.8, 4) is 0 Å². The predicted octanol–water partition coefficient (Wildman–Crippen LogP) is 4.60. The van der Waals surface area contributed by atoms with E-state index in [0.29, 0.717) is 10.8 Å². The molecule has 96 valence electrons. The van der Waals surface area contributed by atoms with Crippen molar-refractivity contribution in [2.24, 2.45) is 52.3 Å². The molecule has 0 nitrogen and oxygen atoms in total. The van der Waals surface area contributed by atoms with Crippen molar-refractivity contribution < 1.29 is 0 Å². The van der Waals surface area contributed by atoms with Gasteiger partial charge in [0.05, 0.1) is 0 Å². The fraction of sp³-hybridized carbons (Fsp3) is 1.00. The lowest BCUT2D eigenvalue weighted by Gasteiger charge is -2.54. The van der Waals surface area contributed by atoms with Crippen LogP contribution in [0, 0.1) is 52.3 Å². The molecule has 0 aromatic rings. The van der Waals surface area contributed by atoms with Gasteiger partial charge in [-0.1, -0.05) is 34.6 Å². The minimum absolute atomic E-state index is 0.586. The second kappa shape index (κ2) is 2.78. The first-order valence-electron chi connectivity index (χ1n) is 7.85. The monoisotopic (exact) mass is 232 g/mol. The quantitative estimate of drug-likeness (QED) is 0.536. The molecule has 4 rings (SSSR count). The summed E-state index contributed by atoms with van der Waals surface area (Å²) in [6.45, 7) is 12.8. The molecule has 0 aliphatic heterocycles. The summed E-state index contributed by atoms with van der Waals surface area (Å²) in [6, 6.07) is 0. The standard InChI is InChI=1S/C17H28/c1-9-6-10-7-11(9)15-13-8-12(14(10)15)16(2,3)17(13,4)5/h9-15H,6-8H2,1-5H3. The highest BCUT2D eigenvalue weighted by Gasteiger charge is 2.71. The molecule has 17 heavy (non-hydrogen) atoms. The minimum atomic E-state index is 0.586. The van der Waals surface area contributed by atoms with Crippen LogP contribution in [0.5, 0.6) is 0 Å². The highest BCUT2D eigenvalue weighted by atomic mass is 14.8. The van der Waals surface area contributed by atoms with E-state index < -0.39 is 0 Å². The molecule has 4 fully saturated rings. The molecule has 0 saturated heterocycles. The lowest BCUT2D eigenvalue weighted by Crippen LogP contribution is -2.48. The molecule has 7 atom stereocenters. The second-order valence-corrected chi connectivity index (χ2v) is 8.92. The van der Waals surface area contributed by atoms with E-state index in [1.807, 2.05) is 0 Å². The van der Waals surface area contributed by atoms with Gasteiger partial charge in [-0.2, -0.15) is 0 Å². The second-order valence-electron chi connectivity index (χ2n) is 8.92. The number of hydrogen-bond acceptors (Lipinski definition) is 0. The van der Waals surface area contributed by atoms with Gasteiger partial charge in [0, 0.05) is 0 Å². The molecule has 0 aromatic carbocycles. The highest BCUT2D eigenvalue weighted by Crippen LogP contribution is 2.77. The fourth-order valence-electron chi connectivity index (χ4n) is 7.04. The molecule has 0 spiro atoms. The molecule has 4 aliphatic rings. The van der Waals surface area contributed by atoms with Crippen molar-refractivity contribution >= 4 is 0 Å². The van der Waals surface area contributed by atoms with Crippen LogP contribution < -0.4 is 0 Å². The summed E-state index contributed by atoms with van der Waals surface area (Å²) in [4.78, 5) is 0. The van der Waals surface area contributed by atoms with Crippen LogP contribution in [0.2, 0.25) is 0 Å². The van der Waals surface area contributed by atoms with Crippen LogP contribution in [0.25, 0.3) is 0 Å². The van der Waals surface area contributed by atoms with Gasteiger partial charge >= 0.3 is 0 Å². The average molecular weight is 232 g/mol. The predicted molar refractivity (Wildman–Crippen MR) is 71.5 cm³/mol. The van der Waals surface area contributed by atoms with Gasteiger partial charge in [0.15, 0.2) is 0 Å². The average Bonchev–Trinajstić information content (AvgIpc) is 2.85. The van der Waals surface area contributed by atoms with Crippen LogP contribution in [0.3, 0.4) is 0 Å². The van der Waals surface area contributed by atoms with Crippen LogP contribution in [0.15, 0.2) is 0 Å². The SMILES string of the molecule is CC1CC2CC1C1C2C2CC1C(C)(C)C2(C)C. The Hall–Kier alpha value is 0. The molecule has 4 bridgehead atoms. The maximum absolute atomic E-state index is 2.57. The summed E-state index contributed by atoms with van der Waals surface area (Å²) >= 11 is 0. The van der Waals surface area contributed by atoms with E-state index in [9.17, 15) is 0 Å². The molecule has 4 saturated carbocycles. The topological polar surface area (TPSA) is 0 Å². The van der Waals surface area contributed by atoms with Gasteiger partial charge in [-0.15, -0.1) is 0 Å². The first-order chi connectivity index (χ1) is 7.85. The molecule has 0 N–H and O–H groups in total. The smallest absolute Gasteiger partial charge is 0.0269 e. The van der Waals surface area contributed by atoms with Crippen molar-refractivity contribution in [2.75, 3.05) is 0 Å². The fourth-order valence-corrected chi connectivity index (χ4v) is 7.04. The van der Waals surface area contributed by atoms with Gasteiger partial charge < -0.3 is 0 Å². The van der Waals surface area contributed by atoms with E-state index in [2.05, 4.69) is 34.6 Å². The lowest BCUT2D eigenvalue weighted by molar-refractivity contribution is -0.0590. The summed E-state index contributed by atoms with van der Waals surface area (Å²) in [5, 5.41) is 0. The van der Waals surface area contributed by atoms with Crippen LogP contribution in [-0.4, -0.2) is 0 Å². The van der Waals surface area contributed by atoms with E-state index in [4.69, 9.17) is 0 Å².